The number of carbonyl (C=O) groups excluding carboxylic acids is 1. The predicted molar refractivity (Wildman–Crippen MR) is 93.5 cm³/mol. The lowest BCUT2D eigenvalue weighted by molar-refractivity contribution is -0.139. The van der Waals surface area contributed by atoms with Crippen molar-refractivity contribution in [1.82, 2.24) is 9.88 Å². The molecule has 0 unspecified atom stereocenters. The highest BCUT2D eigenvalue weighted by molar-refractivity contribution is 5.80. The van der Waals surface area contributed by atoms with Crippen LogP contribution in [0.5, 0.6) is 17.4 Å². The molecule has 0 bridgehead atoms. The number of methoxy groups -OCH3 is 2. The van der Waals surface area contributed by atoms with Crippen LogP contribution >= 0.6 is 0 Å². The van der Waals surface area contributed by atoms with Crippen molar-refractivity contribution in [2.45, 2.75) is 18.7 Å². The number of benzene rings is 1. The normalized spacial score (nSPS) is 14.4. The monoisotopic (exact) mass is 396 g/mol. The highest BCUT2D eigenvalue weighted by Crippen LogP contribution is 2.31. The summed E-state index contributed by atoms with van der Waals surface area (Å²) in [5.74, 6) is 0.897. The van der Waals surface area contributed by atoms with E-state index in [1.807, 2.05) is 0 Å². The number of rotatable bonds is 6. The molecule has 150 valence electrons. The standard InChI is InChI=1S/C19H19F3N2O4/c1-26-15-4-3-12(7-16(15)27-2)8-18(25)24-10-14(11-24)28-17-9-13(5-6-23-17)19(20,21)22/h3-7,9,14H,8,10-11H2,1-2H3. The number of carbonyl (C=O) groups is 1. The van der Waals surface area contributed by atoms with Crippen molar-refractivity contribution in [2.24, 2.45) is 0 Å². The molecule has 1 aliphatic heterocycles. The molecule has 1 amide bonds. The van der Waals surface area contributed by atoms with Crippen LogP contribution in [0, 0.1) is 0 Å². The van der Waals surface area contributed by atoms with Crippen LogP contribution in [0.1, 0.15) is 11.1 Å². The second kappa shape index (κ2) is 7.95. The summed E-state index contributed by atoms with van der Waals surface area (Å²) in [7, 11) is 3.05. The Labute approximate surface area is 159 Å². The zero-order valence-electron chi connectivity index (χ0n) is 15.3. The van der Waals surface area contributed by atoms with Gasteiger partial charge in [-0.2, -0.15) is 13.2 Å². The molecule has 0 atom stereocenters. The summed E-state index contributed by atoms with van der Waals surface area (Å²) in [4.78, 5) is 17.7. The van der Waals surface area contributed by atoms with Crippen molar-refractivity contribution in [3.8, 4) is 17.4 Å². The number of hydrogen-bond donors (Lipinski definition) is 0. The predicted octanol–water partition coefficient (Wildman–Crippen LogP) is 2.95. The lowest BCUT2D eigenvalue weighted by atomic mass is 10.1. The van der Waals surface area contributed by atoms with Gasteiger partial charge in [-0.25, -0.2) is 4.98 Å². The third kappa shape index (κ3) is 4.47. The first kappa shape index (κ1) is 19.8. The van der Waals surface area contributed by atoms with Crippen molar-refractivity contribution in [1.29, 1.82) is 0 Å². The molecule has 0 spiro atoms. The number of halogens is 3. The molecule has 0 N–H and O–H groups in total. The maximum absolute atomic E-state index is 12.7. The van der Waals surface area contributed by atoms with Crippen molar-refractivity contribution in [2.75, 3.05) is 27.3 Å². The van der Waals surface area contributed by atoms with E-state index in [0.29, 0.717) is 24.6 Å². The number of aromatic nitrogens is 1. The van der Waals surface area contributed by atoms with Gasteiger partial charge in [-0.15, -0.1) is 0 Å². The summed E-state index contributed by atoms with van der Waals surface area (Å²) in [5, 5.41) is 0. The van der Waals surface area contributed by atoms with Crippen LogP contribution in [0.3, 0.4) is 0 Å². The molecule has 1 aliphatic rings. The van der Waals surface area contributed by atoms with Crippen LogP contribution in [0.15, 0.2) is 36.5 Å². The molecule has 1 saturated heterocycles. The molecule has 1 aromatic heterocycles. The van der Waals surface area contributed by atoms with E-state index in [1.54, 1.807) is 23.1 Å². The Hall–Kier alpha value is -2.97. The molecule has 0 aliphatic carbocycles. The van der Waals surface area contributed by atoms with E-state index in [4.69, 9.17) is 14.2 Å². The maximum atomic E-state index is 12.7. The number of alkyl halides is 3. The van der Waals surface area contributed by atoms with Crippen LogP contribution in [0.4, 0.5) is 13.2 Å². The molecule has 0 radical (unpaired) electrons. The highest BCUT2D eigenvalue weighted by atomic mass is 19.4. The van der Waals surface area contributed by atoms with Gasteiger partial charge in [-0.05, 0) is 23.8 Å². The molecular weight excluding hydrogens is 377 g/mol. The lowest BCUT2D eigenvalue weighted by Gasteiger charge is -2.38. The van der Waals surface area contributed by atoms with Gasteiger partial charge in [0.05, 0.1) is 39.3 Å². The lowest BCUT2D eigenvalue weighted by Crippen LogP contribution is -2.56. The fraction of sp³-hybridized carbons (Fsp3) is 0.368. The summed E-state index contributed by atoms with van der Waals surface area (Å²) < 4.78 is 54.0. The second-order valence-electron chi connectivity index (χ2n) is 6.29. The van der Waals surface area contributed by atoms with E-state index in [2.05, 4.69) is 4.98 Å². The molecule has 1 fully saturated rings. The molecule has 1 aromatic carbocycles. The fourth-order valence-electron chi connectivity index (χ4n) is 2.81. The Morgan fingerprint density at radius 2 is 1.86 bits per heavy atom. The Morgan fingerprint density at radius 3 is 2.50 bits per heavy atom. The van der Waals surface area contributed by atoms with Crippen LogP contribution in [0.25, 0.3) is 0 Å². The summed E-state index contributed by atoms with van der Waals surface area (Å²) in [6.07, 6.45) is -3.61. The van der Waals surface area contributed by atoms with Gasteiger partial charge in [0.15, 0.2) is 11.5 Å². The Morgan fingerprint density at radius 1 is 1.14 bits per heavy atom. The number of hydrogen-bond acceptors (Lipinski definition) is 5. The highest BCUT2D eigenvalue weighted by Gasteiger charge is 2.34. The Balaban J connectivity index is 1.53. The quantitative estimate of drug-likeness (QED) is 0.752. The number of amides is 1. The van der Waals surface area contributed by atoms with E-state index in [1.165, 1.54) is 14.2 Å². The minimum Gasteiger partial charge on any atom is -0.493 e. The Bertz CT molecular complexity index is 851. The minimum atomic E-state index is -4.46. The summed E-state index contributed by atoms with van der Waals surface area (Å²) in [5.41, 5.74) is -0.0511. The van der Waals surface area contributed by atoms with Crippen LogP contribution in [-0.2, 0) is 17.4 Å². The molecule has 0 saturated carbocycles. The second-order valence-corrected chi connectivity index (χ2v) is 6.29. The molecule has 2 aromatic rings. The van der Waals surface area contributed by atoms with E-state index in [-0.39, 0.29) is 24.3 Å². The molecule has 2 heterocycles. The topological polar surface area (TPSA) is 60.9 Å². The van der Waals surface area contributed by atoms with Gasteiger partial charge in [-0.1, -0.05) is 6.07 Å². The third-order valence-electron chi connectivity index (χ3n) is 4.35. The first-order chi connectivity index (χ1) is 13.3. The summed E-state index contributed by atoms with van der Waals surface area (Å²) >= 11 is 0. The first-order valence-corrected chi connectivity index (χ1v) is 8.48. The smallest absolute Gasteiger partial charge is 0.416 e. The molecule has 28 heavy (non-hydrogen) atoms. The van der Waals surface area contributed by atoms with Gasteiger partial charge >= 0.3 is 6.18 Å². The zero-order valence-corrected chi connectivity index (χ0v) is 15.3. The van der Waals surface area contributed by atoms with Crippen molar-refractivity contribution >= 4 is 5.91 Å². The van der Waals surface area contributed by atoms with Gasteiger partial charge in [-0.3, -0.25) is 4.79 Å². The average Bonchev–Trinajstić information content (AvgIpc) is 2.63. The van der Waals surface area contributed by atoms with E-state index < -0.39 is 11.7 Å². The number of likely N-dealkylation sites (tertiary alicyclic amines) is 1. The summed E-state index contributed by atoms with van der Waals surface area (Å²) in [6, 6.07) is 6.97. The van der Waals surface area contributed by atoms with E-state index in [9.17, 15) is 18.0 Å². The van der Waals surface area contributed by atoms with Crippen molar-refractivity contribution in [3.05, 3.63) is 47.7 Å². The SMILES string of the molecule is COc1ccc(CC(=O)N2CC(Oc3cc(C(F)(F)F)ccn3)C2)cc1OC. The molecular formula is C19H19F3N2O4. The van der Waals surface area contributed by atoms with Crippen LogP contribution in [-0.4, -0.2) is 49.2 Å². The van der Waals surface area contributed by atoms with E-state index in [0.717, 1.165) is 23.9 Å². The fourth-order valence-corrected chi connectivity index (χ4v) is 2.81. The van der Waals surface area contributed by atoms with Gasteiger partial charge < -0.3 is 19.1 Å². The zero-order chi connectivity index (χ0) is 20.3. The van der Waals surface area contributed by atoms with Gasteiger partial charge in [0.25, 0.3) is 0 Å². The number of pyridine rings is 1. The van der Waals surface area contributed by atoms with Crippen LogP contribution < -0.4 is 14.2 Å². The van der Waals surface area contributed by atoms with E-state index >= 15 is 0 Å². The number of nitrogens with zero attached hydrogens (tertiary/aromatic N) is 2. The molecule has 9 heteroatoms. The first-order valence-electron chi connectivity index (χ1n) is 8.48. The maximum Gasteiger partial charge on any atom is 0.416 e. The molecule has 6 nitrogen and oxygen atoms in total. The van der Waals surface area contributed by atoms with Gasteiger partial charge in [0.1, 0.15) is 6.10 Å². The minimum absolute atomic E-state index is 0.105. The largest absolute Gasteiger partial charge is 0.493 e. The summed E-state index contributed by atoms with van der Waals surface area (Å²) in [6.45, 7) is 0.591. The van der Waals surface area contributed by atoms with Gasteiger partial charge in [0.2, 0.25) is 11.8 Å². The Kier molecular flexibility index (Phi) is 5.62. The number of ether oxygens (including phenoxy) is 3. The van der Waals surface area contributed by atoms with Crippen molar-refractivity contribution in [3.63, 3.8) is 0 Å². The van der Waals surface area contributed by atoms with Crippen molar-refractivity contribution < 1.29 is 32.2 Å². The van der Waals surface area contributed by atoms with Crippen LogP contribution in [0.2, 0.25) is 0 Å². The third-order valence-corrected chi connectivity index (χ3v) is 4.35. The van der Waals surface area contributed by atoms with Gasteiger partial charge in [0, 0.05) is 12.3 Å². The average molecular weight is 396 g/mol. The molecule has 3 rings (SSSR count).